The maximum atomic E-state index is 11.7. The van der Waals surface area contributed by atoms with Gasteiger partial charge in [0.25, 0.3) is 0 Å². The van der Waals surface area contributed by atoms with Gasteiger partial charge in [0.2, 0.25) is 10.0 Å². The number of piperidine rings is 1. The Morgan fingerprint density at radius 1 is 1.43 bits per heavy atom. The van der Waals surface area contributed by atoms with Crippen LogP contribution in [0.15, 0.2) is 23.1 Å². The van der Waals surface area contributed by atoms with E-state index in [-0.39, 0.29) is 22.3 Å². The van der Waals surface area contributed by atoms with Crippen LogP contribution in [0.3, 0.4) is 0 Å². The highest BCUT2D eigenvalue weighted by Crippen LogP contribution is 2.28. The van der Waals surface area contributed by atoms with Crippen molar-refractivity contribution in [3.63, 3.8) is 0 Å². The van der Waals surface area contributed by atoms with E-state index in [2.05, 4.69) is 0 Å². The van der Waals surface area contributed by atoms with Crippen molar-refractivity contribution in [1.82, 2.24) is 0 Å². The number of ether oxygens (including phenoxy) is 1. The highest BCUT2D eigenvalue weighted by molar-refractivity contribution is 7.89. The van der Waals surface area contributed by atoms with Gasteiger partial charge in [-0.3, -0.25) is 4.79 Å². The van der Waals surface area contributed by atoms with Gasteiger partial charge in [0.1, 0.15) is 6.07 Å². The van der Waals surface area contributed by atoms with E-state index in [9.17, 15) is 18.5 Å². The quantitative estimate of drug-likeness (QED) is 0.820. The SMILES string of the molecule is CCOC(=O)C1CCN(c2ccc(S(N)(=O)=O)cc2C#N)CC1. The molecule has 23 heavy (non-hydrogen) atoms. The lowest BCUT2D eigenvalue weighted by Crippen LogP contribution is -2.37. The Labute approximate surface area is 135 Å². The second-order valence-electron chi connectivity index (χ2n) is 5.35. The van der Waals surface area contributed by atoms with Crippen molar-refractivity contribution in [1.29, 1.82) is 5.26 Å². The standard InChI is InChI=1S/C15H19N3O4S/c1-2-22-15(19)11-5-7-18(8-6-11)14-4-3-13(23(17,20)21)9-12(14)10-16/h3-4,9,11H,2,5-8H2,1H3,(H2,17,20,21). The summed E-state index contributed by atoms with van der Waals surface area (Å²) in [5, 5.41) is 14.3. The van der Waals surface area contributed by atoms with Gasteiger partial charge in [0, 0.05) is 13.1 Å². The average Bonchev–Trinajstić information content (AvgIpc) is 2.53. The molecule has 0 spiro atoms. The molecule has 8 heteroatoms. The van der Waals surface area contributed by atoms with Gasteiger partial charge in [-0.1, -0.05) is 0 Å². The zero-order chi connectivity index (χ0) is 17.0. The molecule has 1 fully saturated rings. The number of anilines is 1. The summed E-state index contributed by atoms with van der Waals surface area (Å²) in [6, 6.07) is 6.26. The number of benzene rings is 1. The Morgan fingerprint density at radius 3 is 2.61 bits per heavy atom. The Kier molecular flexibility index (Phi) is 5.23. The van der Waals surface area contributed by atoms with Crippen LogP contribution in [0.4, 0.5) is 5.69 Å². The maximum Gasteiger partial charge on any atom is 0.309 e. The normalized spacial score (nSPS) is 16.0. The summed E-state index contributed by atoms with van der Waals surface area (Å²) in [5.41, 5.74) is 0.910. The minimum atomic E-state index is -3.84. The van der Waals surface area contributed by atoms with Crippen LogP contribution in [-0.4, -0.2) is 34.1 Å². The first kappa shape index (κ1) is 17.2. The van der Waals surface area contributed by atoms with E-state index in [0.29, 0.717) is 38.2 Å². The molecule has 1 aromatic carbocycles. The fourth-order valence-corrected chi connectivity index (χ4v) is 3.21. The molecule has 0 radical (unpaired) electrons. The molecule has 0 amide bonds. The Balaban J connectivity index is 2.15. The third kappa shape index (κ3) is 4.00. The molecule has 124 valence electrons. The number of primary sulfonamides is 1. The number of rotatable bonds is 4. The van der Waals surface area contributed by atoms with Gasteiger partial charge in [0.15, 0.2) is 0 Å². The molecule has 0 aromatic heterocycles. The first-order valence-electron chi connectivity index (χ1n) is 7.35. The third-order valence-electron chi connectivity index (χ3n) is 3.87. The molecule has 7 nitrogen and oxygen atoms in total. The van der Waals surface area contributed by atoms with Gasteiger partial charge >= 0.3 is 5.97 Å². The van der Waals surface area contributed by atoms with Crippen LogP contribution in [0.25, 0.3) is 0 Å². The summed E-state index contributed by atoms with van der Waals surface area (Å²) in [6.07, 6.45) is 1.28. The van der Waals surface area contributed by atoms with E-state index in [1.165, 1.54) is 12.1 Å². The van der Waals surface area contributed by atoms with Crippen molar-refractivity contribution in [2.24, 2.45) is 11.1 Å². The van der Waals surface area contributed by atoms with E-state index in [0.717, 1.165) is 0 Å². The highest BCUT2D eigenvalue weighted by Gasteiger charge is 2.27. The zero-order valence-electron chi connectivity index (χ0n) is 12.9. The lowest BCUT2D eigenvalue weighted by Gasteiger charge is -2.33. The van der Waals surface area contributed by atoms with E-state index in [4.69, 9.17) is 9.88 Å². The Hall–Kier alpha value is -2.11. The van der Waals surface area contributed by atoms with Crippen LogP contribution in [0, 0.1) is 17.2 Å². The van der Waals surface area contributed by atoms with E-state index in [1.807, 2.05) is 11.0 Å². The molecule has 1 aromatic rings. The number of nitriles is 1. The number of hydrogen-bond acceptors (Lipinski definition) is 6. The van der Waals surface area contributed by atoms with Gasteiger partial charge in [0.05, 0.1) is 28.7 Å². The number of nitrogens with zero attached hydrogens (tertiary/aromatic N) is 2. The topological polar surface area (TPSA) is 113 Å². The number of carbonyl (C=O) groups excluding carboxylic acids is 1. The summed E-state index contributed by atoms with van der Waals surface area (Å²) < 4.78 is 27.8. The average molecular weight is 337 g/mol. The van der Waals surface area contributed by atoms with E-state index in [1.54, 1.807) is 13.0 Å². The molecule has 1 heterocycles. The molecule has 1 saturated heterocycles. The van der Waals surface area contributed by atoms with Crippen molar-refractivity contribution in [3.8, 4) is 6.07 Å². The van der Waals surface area contributed by atoms with Gasteiger partial charge in [-0.25, -0.2) is 13.6 Å². The molecule has 1 aliphatic heterocycles. The van der Waals surface area contributed by atoms with Gasteiger partial charge in [-0.15, -0.1) is 0 Å². The molecular weight excluding hydrogens is 318 g/mol. The monoisotopic (exact) mass is 337 g/mol. The van der Waals surface area contributed by atoms with Crippen LogP contribution < -0.4 is 10.0 Å². The molecular formula is C15H19N3O4S. The van der Waals surface area contributed by atoms with Gasteiger partial charge < -0.3 is 9.64 Å². The summed E-state index contributed by atoms with van der Waals surface area (Å²) >= 11 is 0. The van der Waals surface area contributed by atoms with Crippen molar-refractivity contribution in [3.05, 3.63) is 23.8 Å². The molecule has 2 rings (SSSR count). The predicted molar refractivity (Wildman–Crippen MR) is 84.1 cm³/mol. The van der Waals surface area contributed by atoms with Crippen molar-refractivity contribution < 1.29 is 17.9 Å². The van der Waals surface area contributed by atoms with Crippen LogP contribution in [-0.2, 0) is 19.6 Å². The van der Waals surface area contributed by atoms with Crippen molar-refractivity contribution >= 4 is 21.7 Å². The second kappa shape index (κ2) is 6.98. The molecule has 0 bridgehead atoms. The van der Waals surface area contributed by atoms with Gasteiger partial charge in [-0.05, 0) is 38.0 Å². The smallest absolute Gasteiger partial charge is 0.309 e. The van der Waals surface area contributed by atoms with Crippen LogP contribution >= 0.6 is 0 Å². The van der Waals surface area contributed by atoms with E-state index >= 15 is 0 Å². The zero-order valence-corrected chi connectivity index (χ0v) is 13.7. The third-order valence-corrected chi connectivity index (χ3v) is 4.78. The lowest BCUT2D eigenvalue weighted by atomic mass is 9.96. The number of nitrogens with two attached hydrogens (primary N) is 1. The van der Waals surface area contributed by atoms with Gasteiger partial charge in [-0.2, -0.15) is 5.26 Å². The molecule has 2 N–H and O–H groups in total. The first-order valence-corrected chi connectivity index (χ1v) is 8.90. The lowest BCUT2D eigenvalue weighted by molar-refractivity contribution is -0.148. The largest absolute Gasteiger partial charge is 0.466 e. The summed E-state index contributed by atoms with van der Waals surface area (Å²) in [4.78, 5) is 13.6. The summed E-state index contributed by atoms with van der Waals surface area (Å²) in [6.45, 7) is 3.35. The van der Waals surface area contributed by atoms with E-state index < -0.39 is 10.0 Å². The molecule has 0 aliphatic carbocycles. The van der Waals surface area contributed by atoms with Crippen LogP contribution in [0.5, 0.6) is 0 Å². The maximum absolute atomic E-state index is 11.7. The fourth-order valence-electron chi connectivity index (χ4n) is 2.67. The van der Waals surface area contributed by atoms with Crippen LogP contribution in [0.2, 0.25) is 0 Å². The minimum absolute atomic E-state index is 0.0841. The molecule has 0 saturated carbocycles. The molecule has 0 atom stereocenters. The highest BCUT2D eigenvalue weighted by atomic mass is 32.2. The number of sulfonamides is 1. The molecule has 1 aliphatic rings. The Bertz CT molecular complexity index is 732. The summed E-state index contributed by atoms with van der Waals surface area (Å²) in [5.74, 6) is -0.308. The number of carbonyl (C=O) groups is 1. The minimum Gasteiger partial charge on any atom is -0.466 e. The van der Waals surface area contributed by atoms with Crippen LogP contribution in [0.1, 0.15) is 25.3 Å². The van der Waals surface area contributed by atoms with Crippen molar-refractivity contribution in [2.75, 3.05) is 24.6 Å². The van der Waals surface area contributed by atoms with Crippen molar-refractivity contribution in [2.45, 2.75) is 24.7 Å². The first-order chi connectivity index (χ1) is 10.9. The number of esters is 1. The molecule has 0 unspecified atom stereocenters. The summed E-state index contributed by atoms with van der Waals surface area (Å²) in [7, 11) is -3.84. The number of hydrogen-bond donors (Lipinski definition) is 1. The second-order valence-corrected chi connectivity index (χ2v) is 6.91. The fraction of sp³-hybridized carbons (Fsp3) is 0.467. The predicted octanol–water partition coefficient (Wildman–Crippen LogP) is 0.985. The Morgan fingerprint density at radius 2 is 2.09 bits per heavy atom.